The molecule has 11 heteroatoms. The number of imidazole rings is 1. The summed E-state index contributed by atoms with van der Waals surface area (Å²) in [5.41, 5.74) is 1.15. The highest BCUT2D eigenvalue weighted by atomic mass is 32.2. The summed E-state index contributed by atoms with van der Waals surface area (Å²) in [5.74, 6) is 1.73. The van der Waals surface area contributed by atoms with E-state index in [2.05, 4.69) is 9.97 Å². The van der Waals surface area contributed by atoms with Crippen molar-refractivity contribution >= 4 is 15.5 Å². The number of H-pyrrole nitrogens is 1. The fourth-order valence-corrected chi connectivity index (χ4v) is 5.73. The van der Waals surface area contributed by atoms with E-state index < -0.39 is 10.0 Å². The van der Waals surface area contributed by atoms with Crippen LogP contribution in [-0.2, 0) is 10.0 Å². The highest BCUT2D eigenvalue weighted by molar-refractivity contribution is 7.89. The number of likely N-dealkylation sites (N-methyl/N-ethyl adjacent to an activating group) is 2. The average molecular weight is 503 g/mol. The van der Waals surface area contributed by atoms with Crippen molar-refractivity contribution < 1.29 is 13.2 Å². The summed E-state index contributed by atoms with van der Waals surface area (Å²) in [6.45, 7) is 4.98. The Kier molecular flexibility index (Phi) is 7.30. The van der Waals surface area contributed by atoms with E-state index in [4.69, 9.17) is 9.84 Å². The summed E-state index contributed by atoms with van der Waals surface area (Å²) in [6, 6.07) is 4.67. The van der Waals surface area contributed by atoms with Crippen LogP contribution in [0.15, 0.2) is 27.9 Å². The van der Waals surface area contributed by atoms with Crippen molar-refractivity contribution in [2.75, 3.05) is 40.8 Å². The van der Waals surface area contributed by atoms with E-state index in [9.17, 15) is 13.2 Å². The van der Waals surface area contributed by atoms with Crippen molar-refractivity contribution in [2.24, 2.45) is 0 Å². The summed E-state index contributed by atoms with van der Waals surface area (Å²) in [7, 11) is 1.59. The van der Waals surface area contributed by atoms with Crippen LogP contribution in [0.4, 0.5) is 0 Å². The molecule has 0 unspecified atom stereocenters. The van der Waals surface area contributed by atoms with Crippen LogP contribution in [0.3, 0.4) is 0 Å². The molecule has 0 radical (unpaired) electrons. The molecule has 2 heterocycles. The number of benzene rings is 1. The van der Waals surface area contributed by atoms with Gasteiger partial charge in [-0.3, -0.25) is 4.79 Å². The Balaban J connectivity index is 1.84. The Morgan fingerprint density at radius 2 is 1.89 bits per heavy atom. The molecule has 1 fully saturated rings. The normalized spacial score (nSPS) is 15.1. The molecule has 1 aromatic carbocycles. The Bertz CT molecular complexity index is 1370. The van der Waals surface area contributed by atoms with Crippen molar-refractivity contribution in [3.63, 3.8) is 0 Å². The van der Waals surface area contributed by atoms with Crippen LogP contribution >= 0.6 is 0 Å². The number of aromatic amines is 1. The predicted molar refractivity (Wildman–Crippen MR) is 135 cm³/mol. The van der Waals surface area contributed by atoms with Crippen LogP contribution in [0.25, 0.3) is 16.9 Å². The number of hydrogen-bond acceptors (Lipinski definition) is 7. The largest absolute Gasteiger partial charge is 0.493 e. The summed E-state index contributed by atoms with van der Waals surface area (Å²) in [6.07, 6.45) is 4.29. The zero-order valence-electron chi connectivity index (χ0n) is 21.0. The molecule has 190 valence electrons. The van der Waals surface area contributed by atoms with Crippen LogP contribution in [0.1, 0.15) is 50.0 Å². The van der Waals surface area contributed by atoms with E-state index >= 15 is 0 Å². The minimum atomic E-state index is -3.75. The molecule has 1 aliphatic rings. The number of hydrogen-bond donors (Lipinski definition) is 1. The maximum absolute atomic E-state index is 13.3. The van der Waals surface area contributed by atoms with Gasteiger partial charge in [-0.05, 0) is 59.0 Å². The minimum Gasteiger partial charge on any atom is -0.493 e. The molecule has 0 bridgehead atoms. The van der Waals surface area contributed by atoms with E-state index in [-0.39, 0.29) is 22.2 Å². The lowest BCUT2D eigenvalue weighted by Gasteiger charge is -2.20. The second kappa shape index (κ2) is 10.1. The number of fused-ring (bicyclic) bond motifs is 1. The SMILES string of the molecule is CCOc1ccc(S(=O)(=O)N(C)CCN(C)C)cc1-c1nn2c(C3CCCC3)nc(C)c2c(=O)[nH]1. The first-order chi connectivity index (χ1) is 16.6. The topological polar surface area (TPSA) is 113 Å². The molecular formula is C24H34N6O4S. The molecule has 0 aliphatic heterocycles. The van der Waals surface area contributed by atoms with E-state index in [1.807, 2.05) is 32.8 Å². The number of nitrogens with one attached hydrogen (secondary N) is 1. The van der Waals surface area contributed by atoms with Crippen molar-refractivity contribution in [3.05, 3.63) is 40.1 Å². The van der Waals surface area contributed by atoms with Gasteiger partial charge < -0.3 is 14.6 Å². The molecular weight excluding hydrogens is 468 g/mol. The standard InChI is InChI=1S/C24H34N6O4S/c1-6-34-20-12-11-18(35(32,33)29(5)14-13-28(3)4)15-19(20)22-26-24(31)21-16(2)25-23(30(21)27-22)17-9-7-8-10-17/h11-12,15,17H,6-10,13-14H2,1-5H3,(H,26,27,31). The Morgan fingerprint density at radius 1 is 1.17 bits per heavy atom. The van der Waals surface area contributed by atoms with E-state index in [1.165, 1.54) is 16.4 Å². The number of ether oxygens (including phenoxy) is 1. The van der Waals surface area contributed by atoms with Crippen LogP contribution in [0.5, 0.6) is 5.75 Å². The van der Waals surface area contributed by atoms with Gasteiger partial charge in [0.25, 0.3) is 5.56 Å². The third-order valence-electron chi connectivity index (χ3n) is 6.50. The zero-order chi connectivity index (χ0) is 25.3. The molecule has 2 aromatic heterocycles. The molecule has 4 rings (SSSR count). The lowest BCUT2D eigenvalue weighted by atomic mass is 10.1. The number of nitrogens with zero attached hydrogens (tertiary/aromatic N) is 5. The first kappa shape index (κ1) is 25.3. The molecule has 10 nitrogen and oxygen atoms in total. The molecule has 0 saturated heterocycles. The van der Waals surface area contributed by atoms with Crippen LogP contribution < -0.4 is 10.3 Å². The van der Waals surface area contributed by atoms with Gasteiger partial charge in [0.05, 0.1) is 22.8 Å². The summed E-state index contributed by atoms with van der Waals surface area (Å²) in [5, 5.41) is 4.75. The molecule has 35 heavy (non-hydrogen) atoms. The first-order valence-electron chi connectivity index (χ1n) is 12.0. The molecule has 0 amide bonds. The highest BCUT2D eigenvalue weighted by Crippen LogP contribution is 2.35. The van der Waals surface area contributed by atoms with Gasteiger partial charge in [0.2, 0.25) is 10.0 Å². The van der Waals surface area contributed by atoms with Gasteiger partial charge in [-0.1, -0.05) is 12.8 Å². The number of rotatable bonds is 9. The highest BCUT2D eigenvalue weighted by Gasteiger charge is 2.27. The number of aromatic nitrogens is 4. The molecule has 0 spiro atoms. The fourth-order valence-electron chi connectivity index (χ4n) is 4.54. The average Bonchev–Trinajstić information content (AvgIpc) is 3.45. The van der Waals surface area contributed by atoms with Crippen molar-refractivity contribution in [2.45, 2.75) is 50.3 Å². The number of aryl methyl sites for hydroxylation is 1. The maximum Gasteiger partial charge on any atom is 0.277 e. The number of sulfonamides is 1. The molecule has 3 aromatic rings. The third kappa shape index (κ3) is 4.98. The molecule has 1 aliphatic carbocycles. The van der Waals surface area contributed by atoms with Crippen LogP contribution in [-0.4, -0.2) is 78.0 Å². The van der Waals surface area contributed by atoms with Gasteiger partial charge in [-0.15, -0.1) is 5.10 Å². The first-order valence-corrected chi connectivity index (χ1v) is 13.4. The van der Waals surface area contributed by atoms with Gasteiger partial charge in [-0.25, -0.2) is 17.9 Å². The van der Waals surface area contributed by atoms with E-state index in [1.54, 1.807) is 17.6 Å². The van der Waals surface area contributed by atoms with Gasteiger partial charge in [0.15, 0.2) is 11.3 Å². The van der Waals surface area contributed by atoms with Gasteiger partial charge in [0.1, 0.15) is 11.6 Å². The van der Waals surface area contributed by atoms with Crippen molar-refractivity contribution in [3.8, 4) is 17.1 Å². The van der Waals surface area contributed by atoms with E-state index in [0.717, 1.165) is 31.5 Å². The minimum absolute atomic E-state index is 0.109. The van der Waals surface area contributed by atoms with Crippen molar-refractivity contribution in [1.82, 2.24) is 28.8 Å². The molecule has 1 saturated carbocycles. The van der Waals surface area contributed by atoms with Gasteiger partial charge in [-0.2, -0.15) is 4.31 Å². The van der Waals surface area contributed by atoms with E-state index in [0.29, 0.717) is 42.2 Å². The second-order valence-corrected chi connectivity index (χ2v) is 11.4. The third-order valence-corrected chi connectivity index (χ3v) is 8.35. The fraction of sp³-hybridized carbons (Fsp3) is 0.542. The summed E-state index contributed by atoms with van der Waals surface area (Å²) >= 11 is 0. The van der Waals surface area contributed by atoms with Crippen molar-refractivity contribution in [1.29, 1.82) is 0 Å². The van der Waals surface area contributed by atoms with Gasteiger partial charge >= 0.3 is 0 Å². The monoisotopic (exact) mass is 502 g/mol. The van der Waals surface area contributed by atoms with Crippen LogP contribution in [0, 0.1) is 6.92 Å². The Labute approximate surface area is 206 Å². The lowest BCUT2D eigenvalue weighted by Crippen LogP contribution is -2.33. The summed E-state index contributed by atoms with van der Waals surface area (Å²) in [4.78, 5) is 22.7. The summed E-state index contributed by atoms with van der Waals surface area (Å²) < 4.78 is 35.3. The Hall–Kier alpha value is -2.76. The van der Waals surface area contributed by atoms with Gasteiger partial charge in [0, 0.05) is 26.1 Å². The lowest BCUT2D eigenvalue weighted by molar-refractivity contribution is 0.341. The Morgan fingerprint density at radius 3 is 2.54 bits per heavy atom. The molecule has 1 N–H and O–H groups in total. The smallest absolute Gasteiger partial charge is 0.277 e. The quantitative estimate of drug-likeness (QED) is 0.479. The molecule has 0 atom stereocenters. The second-order valence-electron chi connectivity index (χ2n) is 9.32. The maximum atomic E-state index is 13.3. The zero-order valence-corrected chi connectivity index (χ0v) is 21.9. The predicted octanol–water partition coefficient (Wildman–Crippen LogP) is 2.63. The van der Waals surface area contributed by atoms with Crippen LogP contribution in [0.2, 0.25) is 0 Å².